The zero-order valence-corrected chi connectivity index (χ0v) is 13.2. The first-order valence-electron chi connectivity index (χ1n) is 7.58. The Kier molecular flexibility index (Phi) is 5.19. The summed E-state index contributed by atoms with van der Waals surface area (Å²) in [5.41, 5.74) is 1.52. The molecule has 0 radical (unpaired) electrons. The number of hydrogen-bond donors (Lipinski definition) is 1. The fourth-order valence-corrected chi connectivity index (χ4v) is 3.16. The molecule has 5 heteroatoms. The number of carbonyl (C=O) groups excluding carboxylic acids is 1. The largest absolute Gasteiger partial charge is 0.481 e. The molecule has 0 spiro atoms. The second-order valence-corrected chi connectivity index (χ2v) is 5.88. The van der Waals surface area contributed by atoms with E-state index in [0.717, 1.165) is 11.1 Å². The molecule has 0 aromatic heterocycles. The maximum atomic E-state index is 13.1. The lowest BCUT2D eigenvalue weighted by Crippen LogP contribution is -2.49. The minimum Gasteiger partial charge on any atom is -0.481 e. The van der Waals surface area contributed by atoms with Crippen molar-refractivity contribution in [2.24, 2.45) is 0 Å². The SMILES string of the molecule is Cc1ccccc1C1(C(=O)N(C)CCC(=O)O)CCOCC1. The Morgan fingerprint density at radius 2 is 1.91 bits per heavy atom. The smallest absolute Gasteiger partial charge is 0.305 e. The Labute approximate surface area is 130 Å². The van der Waals surface area contributed by atoms with Crippen LogP contribution in [0.5, 0.6) is 0 Å². The number of ether oxygens (including phenoxy) is 1. The van der Waals surface area contributed by atoms with Crippen LogP contribution in [0.2, 0.25) is 0 Å². The zero-order chi connectivity index (χ0) is 16.2. The molecule has 2 rings (SSSR count). The summed E-state index contributed by atoms with van der Waals surface area (Å²) >= 11 is 0. The molecule has 5 nitrogen and oxygen atoms in total. The molecule has 1 amide bonds. The van der Waals surface area contributed by atoms with Crippen molar-refractivity contribution >= 4 is 11.9 Å². The van der Waals surface area contributed by atoms with Crippen LogP contribution in [0.3, 0.4) is 0 Å². The highest BCUT2D eigenvalue weighted by molar-refractivity contribution is 5.89. The van der Waals surface area contributed by atoms with Gasteiger partial charge in [0.15, 0.2) is 0 Å². The maximum absolute atomic E-state index is 13.1. The van der Waals surface area contributed by atoms with Crippen molar-refractivity contribution in [3.8, 4) is 0 Å². The molecule has 1 aliphatic heterocycles. The fourth-order valence-electron chi connectivity index (χ4n) is 3.16. The Balaban J connectivity index is 2.31. The predicted octanol–water partition coefficient (Wildman–Crippen LogP) is 1.98. The van der Waals surface area contributed by atoms with Crippen LogP contribution in [0.25, 0.3) is 0 Å². The van der Waals surface area contributed by atoms with Crippen molar-refractivity contribution in [1.29, 1.82) is 0 Å². The highest BCUT2D eigenvalue weighted by atomic mass is 16.5. The molecule has 1 N–H and O–H groups in total. The molecule has 1 aromatic rings. The Morgan fingerprint density at radius 3 is 2.50 bits per heavy atom. The highest BCUT2D eigenvalue weighted by Crippen LogP contribution is 2.38. The van der Waals surface area contributed by atoms with E-state index in [2.05, 4.69) is 0 Å². The number of nitrogens with zero attached hydrogens (tertiary/aromatic N) is 1. The van der Waals surface area contributed by atoms with Crippen molar-refractivity contribution in [3.05, 3.63) is 35.4 Å². The lowest BCUT2D eigenvalue weighted by Gasteiger charge is -2.39. The monoisotopic (exact) mass is 305 g/mol. The number of carbonyl (C=O) groups is 2. The number of benzene rings is 1. The molecular formula is C17H23NO4. The standard InChI is InChI=1S/C17H23NO4/c1-13-5-3-4-6-14(13)17(8-11-22-12-9-17)16(21)18(2)10-7-15(19)20/h3-6H,7-12H2,1-2H3,(H,19,20). The Morgan fingerprint density at radius 1 is 1.27 bits per heavy atom. The van der Waals surface area contributed by atoms with Crippen molar-refractivity contribution in [3.63, 3.8) is 0 Å². The van der Waals surface area contributed by atoms with E-state index in [1.54, 1.807) is 11.9 Å². The van der Waals surface area contributed by atoms with Crippen molar-refractivity contribution < 1.29 is 19.4 Å². The molecule has 0 saturated carbocycles. The molecule has 120 valence electrons. The number of likely N-dealkylation sites (N-methyl/N-ethyl adjacent to an activating group) is 1. The third kappa shape index (κ3) is 3.30. The lowest BCUT2D eigenvalue weighted by atomic mass is 9.71. The summed E-state index contributed by atoms with van der Waals surface area (Å²) < 4.78 is 5.45. The van der Waals surface area contributed by atoms with Gasteiger partial charge in [0, 0.05) is 26.8 Å². The molecule has 1 aliphatic rings. The van der Waals surface area contributed by atoms with E-state index >= 15 is 0 Å². The van der Waals surface area contributed by atoms with Crippen LogP contribution < -0.4 is 0 Å². The van der Waals surface area contributed by atoms with Crippen LogP contribution in [-0.4, -0.2) is 48.7 Å². The molecule has 22 heavy (non-hydrogen) atoms. The van der Waals surface area contributed by atoms with Gasteiger partial charge >= 0.3 is 5.97 Å². The van der Waals surface area contributed by atoms with Crippen LogP contribution in [0, 0.1) is 6.92 Å². The number of carboxylic acid groups (broad SMARTS) is 1. The van der Waals surface area contributed by atoms with E-state index in [1.165, 1.54) is 0 Å². The average Bonchev–Trinajstić information content (AvgIpc) is 2.53. The quantitative estimate of drug-likeness (QED) is 0.903. The van der Waals surface area contributed by atoms with E-state index in [0.29, 0.717) is 26.1 Å². The maximum Gasteiger partial charge on any atom is 0.305 e. The topological polar surface area (TPSA) is 66.8 Å². The number of carboxylic acids is 1. The first-order valence-corrected chi connectivity index (χ1v) is 7.58. The van der Waals surface area contributed by atoms with Crippen molar-refractivity contribution in [2.45, 2.75) is 31.6 Å². The molecule has 0 bridgehead atoms. The summed E-state index contributed by atoms with van der Waals surface area (Å²) in [6.07, 6.45) is 1.23. The van der Waals surface area contributed by atoms with E-state index in [-0.39, 0.29) is 18.9 Å². The van der Waals surface area contributed by atoms with Gasteiger partial charge in [-0.3, -0.25) is 9.59 Å². The van der Waals surface area contributed by atoms with Gasteiger partial charge in [-0.1, -0.05) is 24.3 Å². The van der Waals surface area contributed by atoms with E-state index in [4.69, 9.17) is 9.84 Å². The summed E-state index contributed by atoms with van der Waals surface area (Å²) in [7, 11) is 1.68. The summed E-state index contributed by atoms with van der Waals surface area (Å²) in [4.78, 5) is 25.4. The molecule has 1 fully saturated rings. The predicted molar refractivity (Wildman–Crippen MR) is 82.8 cm³/mol. The number of aryl methyl sites for hydroxylation is 1. The first kappa shape index (κ1) is 16.5. The normalized spacial score (nSPS) is 17.0. The minimum atomic E-state index is -0.892. The van der Waals surface area contributed by atoms with Gasteiger partial charge in [0.2, 0.25) is 5.91 Å². The van der Waals surface area contributed by atoms with Crippen LogP contribution in [0.1, 0.15) is 30.4 Å². The fraction of sp³-hybridized carbons (Fsp3) is 0.529. The van der Waals surface area contributed by atoms with Crippen LogP contribution in [0.4, 0.5) is 0 Å². The Hall–Kier alpha value is -1.88. The summed E-state index contributed by atoms with van der Waals surface area (Å²) in [6, 6.07) is 7.93. The molecule has 0 aliphatic carbocycles. The number of hydrogen-bond acceptors (Lipinski definition) is 3. The Bertz CT molecular complexity index is 549. The molecule has 0 unspecified atom stereocenters. The summed E-state index contributed by atoms with van der Waals surface area (Å²) in [5, 5.41) is 8.82. The molecular weight excluding hydrogens is 282 g/mol. The molecule has 1 saturated heterocycles. The second kappa shape index (κ2) is 6.92. The molecule has 0 atom stereocenters. The van der Waals surface area contributed by atoms with Gasteiger partial charge < -0.3 is 14.7 Å². The van der Waals surface area contributed by atoms with Crippen LogP contribution in [0.15, 0.2) is 24.3 Å². The zero-order valence-electron chi connectivity index (χ0n) is 13.2. The minimum absolute atomic E-state index is 0.00801. The number of amides is 1. The van der Waals surface area contributed by atoms with Gasteiger partial charge in [-0.2, -0.15) is 0 Å². The van der Waals surface area contributed by atoms with E-state index in [1.807, 2.05) is 31.2 Å². The number of rotatable bonds is 5. The molecule has 1 heterocycles. The van der Waals surface area contributed by atoms with Gasteiger partial charge in [0.05, 0.1) is 11.8 Å². The summed E-state index contributed by atoms with van der Waals surface area (Å²) in [6.45, 7) is 3.33. The van der Waals surface area contributed by atoms with Gasteiger partial charge in [0.25, 0.3) is 0 Å². The van der Waals surface area contributed by atoms with Crippen molar-refractivity contribution in [1.82, 2.24) is 4.90 Å². The highest BCUT2D eigenvalue weighted by Gasteiger charge is 2.43. The van der Waals surface area contributed by atoms with Crippen molar-refractivity contribution in [2.75, 3.05) is 26.8 Å². The second-order valence-electron chi connectivity index (χ2n) is 5.88. The summed E-state index contributed by atoms with van der Waals surface area (Å²) in [5.74, 6) is -0.900. The average molecular weight is 305 g/mol. The van der Waals surface area contributed by atoms with E-state index < -0.39 is 11.4 Å². The van der Waals surface area contributed by atoms with Gasteiger partial charge in [-0.25, -0.2) is 0 Å². The first-order chi connectivity index (χ1) is 10.5. The third-order valence-corrected chi connectivity index (χ3v) is 4.42. The van der Waals surface area contributed by atoms with Crippen LogP contribution in [-0.2, 0) is 19.7 Å². The molecule has 1 aromatic carbocycles. The van der Waals surface area contributed by atoms with Gasteiger partial charge in [-0.05, 0) is 30.9 Å². The van der Waals surface area contributed by atoms with Gasteiger partial charge in [-0.15, -0.1) is 0 Å². The number of aliphatic carboxylic acids is 1. The van der Waals surface area contributed by atoms with Crippen LogP contribution >= 0.6 is 0 Å². The van der Waals surface area contributed by atoms with E-state index in [9.17, 15) is 9.59 Å². The lowest BCUT2D eigenvalue weighted by molar-refractivity contribution is -0.142. The third-order valence-electron chi connectivity index (χ3n) is 4.42. The van der Waals surface area contributed by atoms with Gasteiger partial charge in [0.1, 0.15) is 0 Å².